The molecule has 1 amide bonds. The predicted molar refractivity (Wildman–Crippen MR) is 116 cm³/mol. The van der Waals surface area contributed by atoms with Crippen molar-refractivity contribution in [2.75, 3.05) is 19.7 Å². The number of benzene rings is 2. The molecule has 0 spiro atoms. The van der Waals surface area contributed by atoms with Gasteiger partial charge in [0.05, 0.1) is 6.61 Å². The standard InChI is InChI=1S/C24H28F2N2O3/c1-2-30-22-16-18(8-10-21(22)31-24(25)26)9-11-23(29)27-20-12-14-28(15-13-20)17-19-6-4-3-5-7-19/h3-11,16,20,24H,2,12-15,17H2,1H3,(H,27,29)/b11-9+. The van der Waals surface area contributed by atoms with Crippen LogP contribution in [0.5, 0.6) is 11.5 Å². The molecule has 1 heterocycles. The first-order valence-corrected chi connectivity index (χ1v) is 10.5. The Bertz CT molecular complexity index is 866. The van der Waals surface area contributed by atoms with E-state index in [0.29, 0.717) is 12.2 Å². The maximum Gasteiger partial charge on any atom is 0.387 e. The summed E-state index contributed by atoms with van der Waals surface area (Å²) in [5.74, 6) is 0.0178. The van der Waals surface area contributed by atoms with Gasteiger partial charge in [-0.15, -0.1) is 0 Å². The quantitative estimate of drug-likeness (QED) is 0.596. The minimum absolute atomic E-state index is 0.0271. The molecule has 1 N–H and O–H groups in total. The topological polar surface area (TPSA) is 50.8 Å². The molecule has 1 fully saturated rings. The van der Waals surface area contributed by atoms with E-state index in [1.165, 1.54) is 17.7 Å². The zero-order valence-corrected chi connectivity index (χ0v) is 17.6. The van der Waals surface area contributed by atoms with Gasteiger partial charge in [0.2, 0.25) is 5.91 Å². The molecule has 166 valence electrons. The molecule has 0 aromatic heterocycles. The van der Waals surface area contributed by atoms with Crippen molar-refractivity contribution in [1.82, 2.24) is 10.2 Å². The van der Waals surface area contributed by atoms with Crippen molar-refractivity contribution < 1.29 is 23.0 Å². The van der Waals surface area contributed by atoms with Crippen molar-refractivity contribution in [3.05, 3.63) is 65.7 Å². The fourth-order valence-electron chi connectivity index (χ4n) is 3.59. The van der Waals surface area contributed by atoms with Gasteiger partial charge < -0.3 is 14.8 Å². The van der Waals surface area contributed by atoms with Crippen LogP contribution in [-0.2, 0) is 11.3 Å². The summed E-state index contributed by atoms with van der Waals surface area (Å²) in [7, 11) is 0. The van der Waals surface area contributed by atoms with Gasteiger partial charge in [-0.2, -0.15) is 8.78 Å². The number of ether oxygens (including phenoxy) is 2. The lowest BCUT2D eigenvalue weighted by Gasteiger charge is -2.32. The summed E-state index contributed by atoms with van der Waals surface area (Å²) in [4.78, 5) is 14.7. The Kier molecular flexibility index (Phi) is 8.41. The molecular formula is C24H28F2N2O3. The van der Waals surface area contributed by atoms with Crippen LogP contribution in [0.3, 0.4) is 0 Å². The molecule has 31 heavy (non-hydrogen) atoms. The summed E-state index contributed by atoms with van der Waals surface area (Å²) in [6.45, 7) is 1.95. The van der Waals surface area contributed by atoms with Crippen molar-refractivity contribution in [3.63, 3.8) is 0 Å². The summed E-state index contributed by atoms with van der Waals surface area (Å²) in [5, 5.41) is 3.04. The highest BCUT2D eigenvalue weighted by molar-refractivity contribution is 5.92. The second kappa shape index (κ2) is 11.5. The molecule has 0 saturated carbocycles. The summed E-state index contributed by atoms with van der Waals surface area (Å²) in [6, 6.07) is 15.1. The Balaban J connectivity index is 1.49. The van der Waals surface area contributed by atoms with Gasteiger partial charge in [-0.1, -0.05) is 36.4 Å². The molecule has 0 radical (unpaired) electrons. The van der Waals surface area contributed by atoms with Crippen molar-refractivity contribution in [2.24, 2.45) is 0 Å². The molecular weight excluding hydrogens is 402 g/mol. The lowest BCUT2D eigenvalue weighted by molar-refractivity contribution is -0.117. The first kappa shape index (κ1) is 22.7. The zero-order valence-electron chi connectivity index (χ0n) is 17.6. The zero-order chi connectivity index (χ0) is 22.1. The van der Waals surface area contributed by atoms with Crippen LogP contribution in [0.2, 0.25) is 0 Å². The maximum absolute atomic E-state index is 12.5. The molecule has 1 saturated heterocycles. The van der Waals surface area contributed by atoms with E-state index in [2.05, 4.69) is 27.1 Å². The Labute approximate surface area is 181 Å². The number of nitrogens with zero attached hydrogens (tertiary/aromatic N) is 1. The third-order valence-electron chi connectivity index (χ3n) is 5.09. The normalized spacial score (nSPS) is 15.4. The van der Waals surface area contributed by atoms with Gasteiger partial charge in [-0.05, 0) is 49.1 Å². The Hall–Kier alpha value is -2.93. The third-order valence-corrected chi connectivity index (χ3v) is 5.09. The first-order chi connectivity index (χ1) is 15.0. The van der Waals surface area contributed by atoms with Crippen molar-refractivity contribution in [1.29, 1.82) is 0 Å². The van der Waals surface area contributed by atoms with E-state index in [9.17, 15) is 13.6 Å². The van der Waals surface area contributed by atoms with Gasteiger partial charge in [0.25, 0.3) is 0 Å². The number of carbonyl (C=O) groups is 1. The van der Waals surface area contributed by atoms with Gasteiger partial charge in [0.15, 0.2) is 11.5 Å². The van der Waals surface area contributed by atoms with Crippen LogP contribution in [0, 0.1) is 0 Å². The molecule has 5 nitrogen and oxygen atoms in total. The SMILES string of the molecule is CCOc1cc(/C=C/C(=O)NC2CCN(Cc3ccccc3)CC2)ccc1OC(F)F. The Morgan fingerprint density at radius 2 is 1.90 bits per heavy atom. The minimum atomic E-state index is -2.93. The summed E-state index contributed by atoms with van der Waals surface area (Å²) in [6.07, 6.45) is 4.89. The number of amides is 1. The molecule has 1 aliphatic heterocycles. The number of hydrogen-bond acceptors (Lipinski definition) is 4. The van der Waals surface area contributed by atoms with E-state index in [1.54, 1.807) is 25.1 Å². The highest BCUT2D eigenvalue weighted by atomic mass is 19.3. The van der Waals surface area contributed by atoms with Crippen LogP contribution < -0.4 is 14.8 Å². The fraction of sp³-hybridized carbons (Fsp3) is 0.375. The van der Waals surface area contributed by atoms with Gasteiger partial charge >= 0.3 is 6.61 Å². The number of halogens is 2. The second-order valence-electron chi connectivity index (χ2n) is 7.40. The van der Waals surface area contributed by atoms with Crippen LogP contribution in [0.4, 0.5) is 8.78 Å². The van der Waals surface area contributed by atoms with Crippen molar-refractivity contribution in [2.45, 2.75) is 39.0 Å². The number of carbonyl (C=O) groups excluding carboxylic acids is 1. The molecule has 0 unspecified atom stereocenters. The first-order valence-electron chi connectivity index (χ1n) is 10.5. The maximum atomic E-state index is 12.5. The second-order valence-corrected chi connectivity index (χ2v) is 7.40. The van der Waals surface area contributed by atoms with E-state index in [4.69, 9.17) is 4.74 Å². The number of rotatable bonds is 9. The van der Waals surface area contributed by atoms with Crippen LogP contribution in [0.15, 0.2) is 54.6 Å². The molecule has 3 rings (SSSR count). The molecule has 0 atom stereocenters. The number of piperidine rings is 1. The number of likely N-dealkylation sites (tertiary alicyclic amines) is 1. The van der Waals surface area contributed by atoms with Crippen LogP contribution in [0.25, 0.3) is 6.08 Å². The van der Waals surface area contributed by atoms with Gasteiger partial charge in [-0.3, -0.25) is 9.69 Å². The Morgan fingerprint density at radius 1 is 1.16 bits per heavy atom. The van der Waals surface area contributed by atoms with Crippen LogP contribution >= 0.6 is 0 Å². The largest absolute Gasteiger partial charge is 0.490 e. The molecule has 0 aliphatic carbocycles. The fourth-order valence-corrected chi connectivity index (χ4v) is 3.59. The van der Waals surface area contributed by atoms with Crippen LogP contribution in [-0.4, -0.2) is 43.2 Å². The van der Waals surface area contributed by atoms with Crippen molar-refractivity contribution in [3.8, 4) is 11.5 Å². The molecule has 2 aromatic rings. The average Bonchev–Trinajstić information content (AvgIpc) is 2.76. The van der Waals surface area contributed by atoms with E-state index in [1.807, 2.05) is 18.2 Å². The summed E-state index contributed by atoms with van der Waals surface area (Å²) < 4.78 is 34.8. The number of alkyl halides is 2. The molecule has 1 aliphatic rings. The summed E-state index contributed by atoms with van der Waals surface area (Å²) >= 11 is 0. The van der Waals surface area contributed by atoms with Crippen LogP contribution in [0.1, 0.15) is 30.9 Å². The summed E-state index contributed by atoms with van der Waals surface area (Å²) in [5.41, 5.74) is 1.96. The Morgan fingerprint density at radius 3 is 2.58 bits per heavy atom. The number of hydrogen-bond donors (Lipinski definition) is 1. The molecule has 7 heteroatoms. The van der Waals surface area contributed by atoms with Gasteiger partial charge in [0.1, 0.15) is 0 Å². The minimum Gasteiger partial charge on any atom is -0.490 e. The average molecular weight is 430 g/mol. The van der Waals surface area contributed by atoms with E-state index in [-0.39, 0.29) is 23.4 Å². The van der Waals surface area contributed by atoms with Gasteiger partial charge in [-0.25, -0.2) is 0 Å². The van der Waals surface area contributed by atoms with E-state index in [0.717, 1.165) is 32.5 Å². The highest BCUT2D eigenvalue weighted by Gasteiger charge is 2.20. The monoisotopic (exact) mass is 430 g/mol. The smallest absolute Gasteiger partial charge is 0.387 e. The lowest BCUT2D eigenvalue weighted by Crippen LogP contribution is -2.43. The third kappa shape index (κ3) is 7.36. The van der Waals surface area contributed by atoms with E-state index < -0.39 is 6.61 Å². The number of nitrogens with one attached hydrogen (secondary N) is 1. The predicted octanol–water partition coefficient (Wildman–Crippen LogP) is 4.48. The molecule has 0 bridgehead atoms. The molecule has 2 aromatic carbocycles. The highest BCUT2D eigenvalue weighted by Crippen LogP contribution is 2.30. The lowest BCUT2D eigenvalue weighted by atomic mass is 10.0. The van der Waals surface area contributed by atoms with Crippen molar-refractivity contribution >= 4 is 12.0 Å². The van der Waals surface area contributed by atoms with Gasteiger partial charge in [0, 0.05) is 31.8 Å². The van der Waals surface area contributed by atoms with E-state index >= 15 is 0 Å².